The summed E-state index contributed by atoms with van der Waals surface area (Å²) in [6.07, 6.45) is 3.56. The summed E-state index contributed by atoms with van der Waals surface area (Å²) in [6, 6.07) is 5.42. The maximum atomic E-state index is 12.4. The van der Waals surface area contributed by atoms with Gasteiger partial charge in [0.05, 0.1) is 0 Å². The van der Waals surface area contributed by atoms with Gasteiger partial charge in [-0.15, -0.1) is 0 Å². The van der Waals surface area contributed by atoms with Crippen LogP contribution in [0.1, 0.15) is 30.4 Å². The second-order valence-corrected chi connectivity index (χ2v) is 5.32. The van der Waals surface area contributed by atoms with E-state index in [9.17, 15) is 9.90 Å². The van der Waals surface area contributed by atoms with Crippen molar-refractivity contribution in [3.05, 3.63) is 29.3 Å². The molecule has 4 heteroatoms. The summed E-state index contributed by atoms with van der Waals surface area (Å²) < 4.78 is 5.56. The minimum Gasteiger partial charge on any atom is -0.508 e. The number of nitrogens with zero attached hydrogens (tertiary/aromatic N) is 1. The summed E-state index contributed by atoms with van der Waals surface area (Å²) >= 11 is 0. The molecule has 1 aromatic carbocycles. The molecule has 19 heavy (non-hydrogen) atoms. The highest BCUT2D eigenvalue weighted by Gasteiger charge is 2.29. The molecular weight excluding hydrogens is 242 g/mol. The Balaban J connectivity index is 1.72. The van der Waals surface area contributed by atoms with E-state index in [1.807, 2.05) is 11.0 Å². The molecule has 4 nitrogen and oxygen atoms in total. The zero-order valence-electron chi connectivity index (χ0n) is 11.0. The second kappa shape index (κ2) is 5.21. The molecule has 0 spiro atoms. The van der Waals surface area contributed by atoms with Crippen molar-refractivity contribution >= 4 is 5.91 Å². The average Bonchev–Trinajstić information content (AvgIpc) is 2.46. The first-order chi connectivity index (χ1) is 9.24. The molecule has 102 valence electrons. The first-order valence-electron chi connectivity index (χ1n) is 6.95. The van der Waals surface area contributed by atoms with Crippen molar-refractivity contribution in [1.29, 1.82) is 0 Å². The van der Waals surface area contributed by atoms with Crippen LogP contribution in [0.5, 0.6) is 5.75 Å². The molecule has 3 rings (SSSR count). The summed E-state index contributed by atoms with van der Waals surface area (Å²) in [6.45, 7) is 2.03. The number of carbonyl (C=O) groups excluding carboxylic acids is 1. The fourth-order valence-electron chi connectivity index (χ4n) is 2.87. The highest BCUT2D eigenvalue weighted by Crippen LogP contribution is 2.25. The molecule has 0 bridgehead atoms. The van der Waals surface area contributed by atoms with Gasteiger partial charge in [0.1, 0.15) is 11.9 Å². The van der Waals surface area contributed by atoms with Gasteiger partial charge in [-0.1, -0.05) is 6.07 Å². The normalized spacial score (nSPS) is 22.9. The molecule has 1 N–H and O–H groups in total. The maximum Gasteiger partial charge on any atom is 0.252 e. The standard InChI is InChI=1S/C15H19NO3/c17-13-5-4-11-6-7-16(10-12(11)9-13)15(18)14-3-1-2-8-19-14/h4-5,9,14,17H,1-3,6-8,10H2. The summed E-state index contributed by atoms with van der Waals surface area (Å²) in [5.74, 6) is 0.371. The van der Waals surface area contributed by atoms with E-state index in [4.69, 9.17) is 4.74 Å². The van der Waals surface area contributed by atoms with Crippen LogP contribution in [0.25, 0.3) is 0 Å². The third kappa shape index (κ3) is 2.59. The first-order valence-corrected chi connectivity index (χ1v) is 6.95. The third-order valence-electron chi connectivity index (χ3n) is 3.97. The van der Waals surface area contributed by atoms with Gasteiger partial charge in [-0.2, -0.15) is 0 Å². The van der Waals surface area contributed by atoms with Crippen LogP contribution in [0.15, 0.2) is 18.2 Å². The number of rotatable bonds is 1. The fourth-order valence-corrected chi connectivity index (χ4v) is 2.87. The lowest BCUT2D eigenvalue weighted by molar-refractivity contribution is -0.147. The summed E-state index contributed by atoms with van der Waals surface area (Å²) in [5, 5.41) is 9.53. The quantitative estimate of drug-likeness (QED) is 0.839. The van der Waals surface area contributed by atoms with Crippen LogP contribution in [0.2, 0.25) is 0 Å². The minimum absolute atomic E-state index is 0.105. The molecule has 1 saturated heterocycles. The fraction of sp³-hybridized carbons (Fsp3) is 0.533. The maximum absolute atomic E-state index is 12.4. The summed E-state index contributed by atoms with van der Waals surface area (Å²) in [5.41, 5.74) is 2.28. The molecule has 0 saturated carbocycles. The van der Waals surface area contributed by atoms with Crippen molar-refractivity contribution in [3.63, 3.8) is 0 Å². The number of hydrogen-bond acceptors (Lipinski definition) is 3. The van der Waals surface area contributed by atoms with E-state index in [2.05, 4.69) is 0 Å². The Hall–Kier alpha value is -1.55. The number of phenolic OH excluding ortho intramolecular Hbond substituents is 1. The minimum atomic E-state index is -0.257. The Kier molecular flexibility index (Phi) is 3.42. The first kappa shape index (κ1) is 12.5. The van der Waals surface area contributed by atoms with Crippen molar-refractivity contribution < 1.29 is 14.6 Å². The van der Waals surface area contributed by atoms with Gasteiger partial charge < -0.3 is 14.7 Å². The Morgan fingerprint density at radius 2 is 2.21 bits per heavy atom. The second-order valence-electron chi connectivity index (χ2n) is 5.32. The van der Waals surface area contributed by atoms with Crippen molar-refractivity contribution in [2.45, 2.75) is 38.3 Å². The van der Waals surface area contributed by atoms with Gasteiger partial charge >= 0.3 is 0 Å². The molecule has 0 aliphatic carbocycles. The molecular formula is C15H19NO3. The Bertz CT molecular complexity index is 480. The third-order valence-corrected chi connectivity index (χ3v) is 3.97. The molecule has 2 aliphatic heterocycles. The SMILES string of the molecule is O=C(C1CCCCO1)N1CCc2ccc(O)cc2C1. The highest BCUT2D eigenvalue weighted by atomic mass is 16.5. The van der Waals surface area contributed by atoms with Gasteiger partial charge in [0.25, 0.3) is 5.91 Å². The zero-order chi connectivity index (χ0) is 13.2. The lowest BCUT2D eigenvalue weighted by Crippen LogP contribution is -2.44. The molecule has 0 aromatic heterocycles. The number of carbonyl (C=O) groups is 1. The number of hydrogen-bond donors (Lipinski definition) is 1. The zero-order valence-corrected chi connectivity index (χ0v) is 11.0. The monoisotopic (exact) mass is 261 g/mol. The van der Waals surface area contributed by atoms with Crippen LogP contribution < -0.4 is 0 Å². The van der Waals surface area contributed by atoms with Crippen LogP contribution in [-0.2, 0) is 22.5 Å². The lowest BCUT2D eigenvalue weighted by atomic mass is 9.98. The predicted octanol–water partition coefficient (Wildman–Crippen LogP) is 1.85. The Morgan fingerprint density at radius 1 is 1.32 bits per heavy atom. The van der Waals surface area contributed by atoms with Crippen LogP contribution in [0.3, 0.4) is 0 Å². The molecule has 1 aromatic rings. The van der Waals surface area contributed by atoms with E-state index >= 15 is 0 Å². The number of fused-ring (bicyclic) bond motifs is 1. The molecule has 2 heterocycles. The molecule has 1 atom stereocenters. The van der Waals surface area contributed by atoms with E-state index in [0.29, 0.717) is 13.2 Å². The van der Waals surface area contributed by atoms with Gasteiger partial charge in [0.2, 0.25) is 0 Å². The van der Waals surface area contributed by atoms with Gasteiger partial charge in [0, 0.05) is 19.7 Å². The van der Waals surface area contributed by atoms with Crippen LogP contribution in [-0.4, -0.2) is 35.2 Å². The smallest absolute Gasteiger partial charge is 0.252 e. The number of benzene rings is 1. The van der Waals surface area contributed by atoms with Crippen molar-refractivity contribution in [2.75, 3.05) is 13.2 Å². The van der Waals surface area contributed by atoms with Crippen LogP contribution in [0.4, 0.5) is 0 Å². The highest BCUT2D eigenvalue weighted by molar-refractivity contribution is 5.81. The van der Waals surface area contributed by atoms with E-state index in [1.165, 1.54) is 5.56 Å². The summed E-state index contributed by atoms with van der Waals surface area (Å²) in [7, 11) is 0. The van der Waals surface area contributed by atoms with Gasteiger partial charge in [-0.05, 0) is 48.9 Å². The topological polar surface area (TPSA) is 49.8 Å². The molecule has 1 amide bonds. The van der Waals surface area contributed by atoms with E-state index < -0.39 is 0 Å². The van der Waals surface area contributed by atoms with Gasteiger partial charge in [-0.3, -0.25) is 4.79 Å². The molecule has 1 unspecified atom stereocenters. The van der Waals surface area contributed by atoms with Crippen molar-refractivity contribution in [3.8, 4) is 5.75 Å². The molecule has 0 radical (unpaired) electrons. The number of amides is 1. The average molecular weight is 261 g/mol. The largest absolute Gasteiger partial charge is 0.508 e. The van der Waals surface area contributed by atoms with Crippen molar-refractivity contribution in [1.82, 2.24) is 4.90 Å². The van der Waals surface area contributed by atoms with E-state index in [1.54, 1.807) is 12.1 Å². The van der Waals surface area contributed by atoms with Gasteiger partial charge in [0.15, 0.2) is 0 Å². The van der Waals surface area contributed by atoms with Crippen LogP contribution in [0, 0.1) is 0 Å². The van der Waals surface area contributed by atoms with Crippen LogP contribution >= 0.6 is 0 Å². The number of aromatic hydroxyl groups is 1. The molecule has 2 aliphatic rings. The number of ether oxygens (including phenoxy) is 1. The predicted molar refractivity (Wildman–Crippen MR) is 70.8 cm³/mol. The van der Waals surface area contributed by atoms with Crippen molar-refractivity contribution in [2.24, 2.45) is 0 Å². The Morgan fingerprint density at radius 3 is 3.00 bits per heavy atom. The van der Waals surface area contributed by atoms with E-state index in [-0.39, 0.29) is 17.8 Å². The number of phenols is 1. The van der Waals surface area contributed by atoms with E-state index in [0.717, 1.165) is 37.8 Å². The summed E-state index contributed by atoms with van der Waals surface area (Å²) in [4.78, 5) is 14.2. The lowest BCUT2D eigenvalue weighted by Gasteiger charge is -2.33. The molecule has 1 fully saturated rings. The Labute approximate surface area is 113 Å². The van der Waals surface area contributed by atoms with Gasteiger partial charge in [-0.25, -0.2) is 0 Å².